The third-order valence-electron chi connectivity index (χ3n) is 6.99. The quantitative estimate of drug-likeness (QED) is 0.149. The molecule has 8 heteroatoms. The molecule has 2 aromatic heterocycles. The van der Waals surface area contributed by atoms with Crippen molar-refractivity contribution in [3.05, 3.63) is 98.9 Å². The van der Waals surface area contributed by atoms with Crippen LogP contribution in [0.3, 0.4) is 0 Å². The van der Waals surface area contributed by atoms with E-state index in [1.165, 1.54) is 33.7 Å². The van der Waals surface area contributed by atoms with Crippen molar-refractivity contribution < 1.29 is 10.0 Å². The number of para-hydroxylation sites is 1. The van der Waals surface area contributed by atoms with Gasteiger partial charge in [0.05, 0.1) is 5.02 Å². The Labute approximate surface area is 220 Å². The van der Waals surface area contributed by atoms with Gasteiger partial charge >= 0.3 is 0 Å². The maximum Gasteiger partial charge on any atom is 0.267 e. The molecule has 186 valence electrons. The molecular weight excluding hydrogens is 495 g/mol. The number of carbonyl (C=O) groups is 1. The second-order valence-corrected chi connectivity index (χ2v) is 10.1. The predicted molar refractivity (Wildman–Crippen MR) is 144 cm³/mol. The van der Waals surface area contributed by atoms with Gasteiger partial charge in [-0.05, 0) is 59.7 Å². The summed E-state index contributed by atoms with van der Waals surface area (Å²) in [5.41, 5.74) is 8.71. The predicted octanol–water partition coefficient (Wildman–Crippen LogP) is 6.06. The Morgan fingerprint density at radius 3 is 2.86 bits per heavy atom. The second-order valence-electron chi connectivity index (χ2n) is 9.28. The highest BCUT2D eigenvalue weighted by Gasteiger charge is 2.28. The van der Waals surface area contributed by atoms with Crippen LogP contribution in [0.25, 0.3) is 17.0 Å². The molecule has 0 bridgehead atoms. The second kappa shape index (κ2) is 10.5. The Kier molecular flexibility index (Phi) is 7.21. The minimum Gasteiger partial charge on any atom is -0.350 e. The highest BCUT2D eigenvalue weighted by atomic mass is 35.5. The van der Waals surface area contributed by atoms with Crippen LogP contribution in [0.1, 0.15) is 40.4 Å². The summed E-state index contributed by atoms with van der Waals surface area (Å²) >= 11 is 12.5. The summed E-state index contributed by atoms with van der Waals surface area (Å²) in [5.74, 6) is -0.545. The largest absolute Gasteiger partial charge is 0.350 e. The monoisotopic (exact) mass is 522 g/mol. The minimum absolute atomic E-state index is 0.259. The molecule has 6 nitrogen and oxygen atoms in total. The van der Waals surface area contributed by atoms with Gasteiger partial charge in [0.1, 0.15) is 5.15 Å². The van der Waals surface area contributed by atoms with Gasteiger partial charge in [0.25, 0.3) is 5.91 Å². The van der Waals surface area contributed by atoms with Crippen molar-refractivity contribution in [1.82, 2.24) is 19.9 Å². The van der Waals surface area contributed by atoms with E-state index >= 15 is 0 Å². The van der Waals surface area contributed by atoms with Crippen LogP contribution in [0, 0.1) is 0 Å². The molecule has 3 N–H and O–H groups in total. The number of H-pyrrole nitrogens is 1. The molecule has 36 heavy (non-hydrogen) atoms. The lowest BCUT2D eigenvalue weighted by Gasteiger charge is -2.29. The number of hydrogen-bond donors (Lipinski definition) is 3. The van der Waals surface area contributed by atoms with Gasteiger partial charge in [-0.3, -0.25) is 14.9 Å². The Morgan fingerprint density at radius 2 is 2.08 bits per heavy atom. The average Bonchev–Trinajstić information content (AvgIpc) is 3.55. The van der Waals surface area contributed by atoms with Crippen LogP contribution in [0.4, 0.5) is 0 Å². The third-order valence-corrected chi connectivity index (χ3v) is 7.69. The van der Waals surface area contributed by atoms with E-state index in [0.29, 0.717) is 16.7 Å². The summed E-state index contributed by atoms with van der Waals surface area (Å²) in [6.07, 6.45) is 8.16. The zero-order chi connectivity index (χ0) is 25.2. The third kappa shape index (κ3) is 5.08. The van der Waals surface area contributed by atoms with Crippen molar-refractivity contribution in [2.24, 2.45) is 7.05 Å². The van der Waals surface area contributed by atoms with Crippen molar-refractivity contribution in [2.45, 2.75) is 31.8 Å². The number of fused-ring (bicyclic) bond motifs is 2. The van der Waals surface area contributed by atoms with E-state index < -0.39 is 5.91 Å². The van der Waals surface area contributed by atoms with Gasteiger partial charge in [-0.2, -0.15) is 0 Å². The van der Waals surface area contributed by atoms with Gasteiger partial charge in [0.15, 0.2) is 0 Å². The number of nitrogens with zero attached hydrogens (tertiary/aromatic N) is 2. The van der Waals surface area contributed by atoms with Crippen molar-refractivity contribution >= 4 is 46.1 Å². The van der Waals surface area contributed by atoms with Gasteiger partial charge in [0, 0.05) is 55.0 Å². The molecule has 0 aliphatic heterocycles. The molecule has 0 spiro atoms. The van der Waals surface area contributed by atoms with Crippen LogP contribution >= 0.6 is 23.2 Å². The number of amides is 1. The van der Waals surface area contributed by atoms with Crippen LogP contribution in [-0.2, 0) is 31.2 Å². The first-order valence-corrected chi connectivity index (χ1v) is 12.7. The highest BCUT2D eigenvalue weighted by molar-refractivity contribution is 6.41. The number of hydroxylamine groups is 1. The molecule has 0 fully saturated rings. The van der Waals surface area contributed by atoms with Gasteiger partial charge in [-0.25, -0.2) is 5.48 Å². The molecule has 4 aromatic rings. The summed E-state index contributed by atoms with van der Waals surface area (Å²) in [6.45, 7) is 1.59. The number of carbonyl (C=O) groups excluding carboxylic acids is 1. The van der Waals surface area contributed by atoms with Gasteiger partial charge in [0.2, 0.25) is 0 Å². The lowest BCUT2D eigenvalue weighted by molar-refractivity contribution is -0.124. The van der Waals surface area contributed by atoms with Gasteiger partial charge in [-0.1, -0.05) is 59.6 Å². The molecule has 1 aliphatic carbocycles. The van der Waals surface area contributed by atoms with Crippen LogP contribution in [0.15, 0.2) is 60.8 Å². The molecule has 1 atom stereocenters. The Hall–Kier alpha value is -3.03. The minimum atomic E-state index is -0.545. The lowest BCUT2D eigenvalue weighted by Crippen LogP contribution is -2.29. The number of benzene rings is 2. The molecule has 2 heterocycles. The first-order valence-electron chi connectivity index (χ1n) is 12.0. The highest BCUT2D eigenvalue weighted by Crippen LogP contribution is 2.38. The molecule has 0 radical (unpaired) electrons. The van der Waals surface area contributed by atoms with Gasteiger partial charge in [-0.15, -0.1) is 0 Å². The fourth-order valence-corrected chi connectivity index (χ4v) is 5.65. The fraction of sp³-hybridized carbons (Fsp3) is 0.250. The molecule has 1 unspecified atom stereocenters. The standard InChI is InChI=1S/C28H28Cl2N4O2/c1-33-16-20(22-4-2-3-5-25(22)33)12-13-34(17-21-15-24(29)28(30)31-21)26-10-8-19-14-18(6-9-23(19)26)7-11-27(35)32-36/h2-7,9,11,14-16,26,31,36H,8,10,12-13,17H2,1H3,(H,32,35). The fourth-order valence-electron chi connectivity index (χ4n) is 5.30. The zero-order valence-corrected chi connectivity index (χ0v) is 21.5. The maximum atomic E-state index is 11.4. The first-order chi connectivity index (χ1) is 17.4. The van der Waals surface area contributed by atoms with E-state index in [9.17, 15) is 4.79 Å². The number of rotatable bonds is 8. The molecule has 1 amide bonds. The van der Waals surface area contributed by atoms with E-state index in [1.807, 2.05) is 12.1 Å². The molecule has 0 saturated carbocycles. The molecule has 0 saturated heterocycles. The Morgan fingerprint density at radius 1 is 1.25 bits per heavy atom. The SMILES string of the molecule is Cn1cc(CCN(Cc2cc(Cl)c(Cl)[nH]2)C2CCc3cc(C=CC(=O)NO)ccc32)c2ccccc21. The van der Waals surface area contributed by atoms with E-state index in [0.717, 1.165) is 37.1 Å². The summed E-state index contributed by atoms with van der Waals surface area (Å²) < 4.78 is 2.19. The number of aromatic amines is 1. The molecular formula is C28H28Cl2N4O2. The number of nitrogens with one attached hydrogen (secondary N) is 2. The number of aromatic nitrogens is 2. The maximum absolute atomic E-state index is 11.4. The number of aryl methyl sites for hydroxylation is 2. The molecule has 2 aromatic carbocycles. The van der Waals surface area contributed by atoms with E-state index in [4.69, 9.17) is 28.4 Å². The van der Waals surface area contributed by atoms with Crippen molar-refractivity contribution in [3.8, 4) is 0 Å². The number of halogens is 2. The van der Waals surface area contributed by atoms with Crippen LogP contribution in [0.5, 0.6) is 0 Å². The van der Waals surface area contributed by atoms with E-state index in [-0.39, 0.29) is 6.04 Å². The zero-order valence-electron chi connectivity index (χ0n) is 20.0. The Bertz CT molecular complexity index is 1420. The lowest BCUT2D eigenvalue weighted by atomic mass is 10.0. The summed E-state index contributed by atoms with van der Waals surface area (Å²) in [7, 11) is 2.09. The van der Waals surface area contributed by atoms with Crippen LogP contribution < -0.4 is 5.48 Å². The smallest absolute Gasteiger partial charge is 0.267 e. The van der Waals surface area contributed by atoms with Crippen LogP contribution in [-0.4, -0.2) is 32.1 Å². The topological polar surface area (TPSA) is 73.3 Å². The van der Waals surface area contributed by atoms with E-state index in [2.05, 4.69) is 64.1 Å². The summed E-state index contributed by atoms with van der Waals surface area (Å²) in [5, 5.41) is 11.0. The van der Waals surface area contributed by atoms with Crippen molar-refractivity contribution in [3.63, 3.8) is 0 Å². The van der Waals surface area contributed by atoms with Crippen molar-refractivity contribution in [2.75, 3.05) is 6.54 Å². The van der Waals surface area contributed by atoms with Crippen molar-refractivity contribution in [1.29, 1.82) is 0 Å². The average molecular weight is 523 g/mol. The normalized spacial score (nSPS) is 15.3. The van der Waals surface area contributed by atoms with Crippen LogP contribution in [0.2, 0.25) is 10.2 Å². The summed E-state index contributed by atoms with van der Waals surface area (Å²) in [4.78, 5) is 17.1. The van der Waals surface area contributed by atoms with Gasteiger partial charge < -0.3 is 9.55 Å². The first kappa shape index (κ1) is 24.7. The molecule has 5 rings (SSSR count). The summed E-state index contributed by atoms with van der Waals surface area (Å²) in [6, 6.07) is 17.0. The van der Waals surface area contributed by atoms with E-state index in [1.54, 1.807) is 11.6 Å². The number of hydrogen-bond acceptors (Lipinski definition) is 3. The Balaban J connectivity index is 1.41. The molecule has 1 aliphatic rings.